The third-order valence-corrected chi connectivity index (χ3v) is 3.73. The van der Waals surface area contributed by atoms with Crippen LogP contribution < -0.4 is 0 Å². The van der Waals surface area contributed by atoms with Crippen molar-refractivity contribution in [1.82, 2.24) is 9.80 Å². The van der Waals surface area contributed by atoms with Crippen molar-refractivity contribution < 1.29 is 0 Å². The van der Waals surface area contributed by atoms with E-state index in [9.17, 15) is 0 Å². The molecule has 0 unspecified atom stereocenters. The van der Waals surface area contributed by atoms with Crippen molar-refractivity contribution in [3.05, 3.63) is 0 Å². The Morgan fingerprint density at radius 2 is 1.80 bits per heavy atom. The minimum atomic E-state index is 1.16. The number of hydrogen-bond acceptors (Lipinski definition) is 2. The van der Waals surface area contributed by atoms with Gasteiger partial charge in [0.25, 0.3) is 0 Å². The van der Waals surface area contributed by atoms with Gasteiger partial charge in [-0.05, 0) is 52.4 Å². The molecule has 0 aliphatic carbocycles. The molecule has 0 amide bonds. The van der Waals surface area contributed by atoms with Gasteiger partial charge >= 0.3 is 0 Å². The molecule has 0 saturated carbocycles. The fourth-order valence-corrected chi connectivity index (χ4v) is 2.48. The summed E-state index contributed by atoms with van der Waals surface area (Å²) in [6.45, 7) is 6.44. The molecule has 0 radical (unpaired) electrons. The van der Waals surface area contributed by atoms with Gasteiger partial charge in [-0.15, -0.1) is 0 Å². The first-order valence-electron chi connectivity index (χ1n) is 6.30. The molecule has 1 heterocycles. The molecule has 90 valence electrons. The molecular formula is C12H25BrN2. The number of hydrogen-bond donors (Lipinski definition) is 0. The van der Waals surface area contributed by atoms with Crippen LogP contribution in [0.15, 0.2) is 0 Å². The Balaban J connectivity index is 1.90. The van der Waals surface area contributed by atoms with Crippen LogP contribution in [0.3, 0.4) is 0 Å². The Hall–Kier alpha value is 0.400. The van der Waals surface area contributed by atoms with Crippen molar-refractivity contribution in [3.8, 4) is 0 Å². The van der Waals surface area contributed by atoms with E-state index >= 15 is 0 Å². The molecule has 3 heteroatoms. The molecule has 1 saturated heterocycles. The van der Waals surface area contributed by atoms with Crippen LogP contribution in [-0.2, 0) is 0 Å². The number of rotatable bonds is 8. The van der Waals surface area contributed by atoms with Gasteiger partial charge in [0.1, 0.15) is 0 Å². The van der Waals surface area contributed by atoms with Crippen molar-refractivity contribution in [2.45, 2.75) is 32.1 Å². The van der Waals surface area contributed by atoms with Gasteiger partial charge in [-0.1, -0.05) is 22.4 Å². The molecule has 0 aromatic heterocycles. The predicted molar refractivity (Wildman–Crippen MR) is 70.8 cm³/mol. The second-order valence-corrected chi connectivity index (χ2v) is 5.39. The largest absolute Gasteiger partial charge is 0.305 e. The van der Waals surface area contributed by atoms with Gasteiger partial charge in [0, 0.05) is 18.4 Å². The summed E-state index contributed by atoms with van der Waals surface area (Å²) >= 11 is 3.47. The predicted octanol–water partition coefficient (Wildman–Crippen LogP) is 2.58. The summed E-state index contributed by atoms with van der Waals surface area (Å²) in [7, 11) is 2.25. The fraction of sp³-hybridized carbons (Fsp3) is 1.00. The number of unbranched alkanes of at least 4 members (excludes halogenated alkanes) is 2. The highest BCUT2D eigenvalue weighted by Crippen LogP contribution is 2.06. The maximum Gasteiger partial charge on any atom is 0.0109 e. The maximum atomic E-state index is 3.47. The number of alkyl halides is 1. The van der Waals surface area contributed by atoms with Gasteiger partial charge in [-0.2, -0.15) is 0 Å². The van der Waals surface area contributed by atoms with Gasteiger partial charge in [0.2, 0.25) is 0 Å². The summed E-state index contributed by atoms with van der Waals surface area (Å²) < 4.78 is 0. The van der Waals surface area contributed by atoms with Gasteiger partial charge in [-0.3, -0.25) is 0 Å². The summed E-state index contributed by atoms with van der Waals surface area (Å²) in [5, 5.41) is 1.16. The molecule has 1 aliphatic heterocycles. The molecule has 0 aromatic carbocycles. The lowest BCUT2D eigenvalue weighted by atomic mass is 10.2. The number of likely N-dealkylation sites (N-methyl/N-ethyl adjacent to an activating group) is 1. The van der Waals surface area contributed by atoms with Crippen LogP contribution in [0.2, 0.25) is 0 Å². The van der Waals surface area contributed by atoms with Gasteiger partial charge in [0.05, 0.1) is 0 Å². The molecule has 0 atom stereocenters. The lowest BCUT2D eigenvalue weighted by Gasteiger charge is -2.21. The monoisotopic (exact) mass is 276 g/mol. The van der Waals surface area contributed by atoms with Crippen LogP contribution >= 0.6 is 15.9 Å². The molecule has 0 N–H and O–H groups in total. The summed E-state index contributed by atoms with van der Waals surface area (Å²) in [4.78, 5) is 5.07. The molecule has 15 heavy (non-hydrogen) atoms. The van der Waals surface area contributed by atoms with Crippen molar-refractivity contribution in [1.29, 1.82) is 0 Å². The van der Waals surface area contributed by atoms with Crippen LogP contribution in [0.5, 0.6) is 0 Å². The molecule has 1 rings (SSSR count). The standard InChI is InChI=1S/C12H25BrN2/c1-14(8-4-2-3-7-13)11-12-15-9-5-6-10-15/h2-12H2,1H3. The highest BCUT2D eigenvalue weighted by Gasteiger charge is 2.11. The van der Waals surface area contributed by atoms with Crippen molar-refractivity contribution in [3.63, 3.8) is 0 Å². The molecule has 0 aromatic rings. The Morgan fingerprint density at radius 1 is 1.07 bits per heavy atom. The third kappa shape index (κ3) is 6.54. The number of likely N-dealkylation sites (tertiary alicyclic amines) is 1. The van der Waals surface area contributed by atoms with Crippen LogP contribution in [0.1, 0.15) is 32.1 Å². The van der Waals surface area contributed by atoms with Crippen LogP contribution in [0.25, 0.3) is 0 Å². The molecule has 0 spiro atoms. The Bertz CT molecular complexity index is 147. The van der Waals surface area contributed by atoms with E-state index in [2.05, 4.69) is 32.8 Å². The van der Waals surface area contributed by atoms with E-state index in [1.807, 2.05) is 0 Å². The van der Waals surface area contributed by atoms with E-state index in [-0.39, 0.29) is 0 Å². The van der Waals surface area contributed by atoms with E-state index in [1.165, 1.54) is 64.8 Å². The third-order valence-electron chi connectivity index (χ3n) is 3.17. The van der Waals surface area contributed by atoms with E-state index in [0.717, 1.165) is 5.33 Å². The highest BCUT2D eigenvalue weighted by atomic mass is 79.9. The Kier molecular flexibility index (Phi) is 7.67. The van der Waals surface area contributed by atoms with Crippen molar-refractivity contribution >= 4 is 15.9 Å². The Labute approximate surface area is 103 Å². The molecule has 0 bridgehead atoms. The number of halogens is 1. The van der Waals surface area contributed by atoms with E-state index in [4.69, 9.17) is 0 Å². The van der Waals surface area contributed by atoms with Gasteiger partial charge in [0.15, 0.2) is 0 Å². The smallest absolute Gasteiger partial charge is 0.0109 e. The zero-order valence-corrected chi connectivity index (χ0v) is 11.6. The highest BCUT2D eigenvalue weighted by molar-refractivity contribution is 9.09. The quantitative estimate of drug-likeness (QED) is 0.497. The summed E-state index contributed by atoms with van der Waals surface area (Å²) in [5.41, 5.74) is 0. The second-order valence-electron chi connectivity index (χ2n) is 4.60. The lowest BCUT2D eigenvalue weighted by molar-refractivity contribution is 0.254. The molecule has 1 aliphatic rings. The average Bonchev–Trinajstić information content (AvgIpc) is 2.74. The van der Waals surface area contributed by atoms with E-state index in [1.54, 1.807) is 0 Å². The fourth-order valence-electron chi connectivity index (χ4n) is 2.08. The minimum Gasteiger partial charge on any atom is -0.305 e. The van der Waals surface area contributed by atoms with Gasteiger partial charge in [-0.25, -0.2) is 0 Å². The molecule has 1 fully saturated rings. The topological polar surface area (TPSA) is 6.48 Å². The zero-order chi connectivity index (χ0) is 10.9. The van der Waals surface area contributed by atoms with Crippen molar-refractivity contribution in [2.24, 2.45) is 0 Å². The van der Waals surface area contributed by atoms with E-state index < -0.39 is 0 Å². The first kappa shape index (κ1) is 13.5. The van der Waals surface area contributed by atoms with E-state index in [0.29, 0.717) is 0 Å². The molecule has 2 nitrogen and oxygen atoms in total. The van der Waals surface area contributed by atoms with Crippen LogP contribution in [0, 0.1) is 0 Å². The van der Waals surface area contributed by atoms with Crippen molar-refractivity contribution in [2.75, 3.05) is 45.1 Å². The summed E-state index contributed by atoms with van der Waals surface area (Å²) in [6.07, 6.45) is 6.85. The number of nitrogens with zero attached hydrogens (tertiary/aromatic N) is 2. The zero-order valence-electron chi connectivity index (χ0n) is 10.1. The Morgan fingerprint density at radius 3 is 2.47 bits per heavy atom. The first-order chi connectivity index (χ1) is 7.33. The maximum absolute atomic E-state index is 3.47. The molecular weight excluding hydrogens is 252 g/mol. The SMILES string of the molecule is CN(CCCCCBr)CCN1CCCC1. The minimum absolute atomic E-state index is 1.16. The first-order valence-corrected chi connectivity index (χ1v) is 7.42. The second kappa shape index (κ2) is 8.54. The summed E-state index contributed by atoms with van der Waals surface area (Å²) in [5.74, 6) is 0. The summed E-state index contributed by atoms with van der Waals surface area (Å²) in [6, 6.07) is 0. The normalized spacial score (nSPS) is 17.8. The lowest BCUT2D eigenvalue weighted by Crippen LogP contribution is -2.31. The van der Waals surface area contributed by atoms with Crippen LogP contribution in [0.4, 0.5) is 0 Å². The van der Waals surface area contributed by atoms with Crippen LogP contribution in [-0.4, -0.2) is 54.9 Å². The average molecular weight is 277 g/mol. The van der Waals surface area contributed by atoms with Gasteiger partial charge < -0.3 is 9.80 Å².